The van der Waals surface area contributed by atoms with Gasteiger partial charge in [-0.15, -0.1) is 6.58 Å². The van der Waals surface area contributed by atoms with E-state index in [4.69, 9.17) is 0 Å². The van der Waals surface area contributed by atoms with Crippen LogP contribution in [0, 0.1) is 11.8 Å². The van der Waals surface area contributed by atoms with E-state index in [0.717, 1.165) is 24.9 Å². The Bertz CT molecular complexity index is 1270. The van der Waals surface area contributed by atoms with Gasteiger partial charge in [0.15, 0.2) is 5.60 Å². The summed E-state index contributed by atoms with van der Waals surface area (Å²) in [5, 5.41) is 27.6. The maximum atomic E-state index is 13.6. The summed E-state index contributed by atoms with van der Waals surface area (Å²) in [6, 6.07) is 14.7. The van der Waals surface area contributed by atoms with Crippen LogP contribution in [0.1, 0.15) is 37.3 Å². The van der Waals surface area contributed by atoms with Gasteiger partial charge in [-0.05, 0) is 43.1 Å². The summed E-state index contributed by atoms with van der Waals surface area (Å²) in [5.41, 5.74) is 0.540. The van der Waals surface area contributed by atoms with Crippen LogP contribution in [0.4, 0.5) is 11.4 Å². The summed E-state index contributed by atoms with van der Waals surface area (Å²) < 4.78 is 0. The van der Waals surface area contributed by atoms with E-state index < -0.39 is 17.4 Å². The number of anilines is 2. The van der Waals surface area contributed by atoms with Crippen molar-refractivity contribution in [1.82, 2.24) is 10.2 Å². The predicted octanol–water partition coefficient (Wildman–Crippen LogP) is 2.95. The highest BCUT2D eigenvalue weighted by atomic mass is 16.3. The van der Waals surface area contributed by atoms with Gasteiger partial charge in [0.2, 0.25) is 11.8 Å². The third-order valence-electron chi connectivity index (χ3n) is 7.83. The average Bonchev–Trinajstić information content (AvgIpc) is 3.20. The number of aliphatic hydroxyl groups excluding tert-OH is 1. The van der Waals surface area contributed by atoms with Gasteiger partial charge < -0.3 is 30.6 Å². The maximum absolute atomic E-state index is 13.6. The molecule has 0 radical (unpaired) electrons. The normalized spacial score (nSPS) is 21.0. The number of hydrogen-bond donors (Lipinski definition) is 4. The lowest BCUT2D eigenvalue weighted by atomic mass is 9.82. The van der Waals surface area contributed by atoms with Gasteiger partial charge in [-0.25, -0.2) is 0 Å². The first kappa shape index (κ1) is 30.2. The number of rotatable bonds is 12. The third-order valence-corrected chi connectivity index (χ3v) is 7.83. The Hall–Kier alpha value is -3.79. The first-order valence-corrected chi connectivity index (χ1v) is 14.2. The molecule has 41 heavy (non-hydrogen) atoms. The van der Waals surface area contributed by atoms with Crippen molar-refractivity contribution in [3.05, 3.63) is 84.5 Å². The molecule has 0 spiro atoms. The summed E-state index contributed by atoms with van der Waals surface area (Å²) in [4.78, 5) is 42.5. The largest absolute Gasteiger partial charge is 0.395 e. The van der Waals surface area contributed by atoms with Crippen LogP contribution in [-0.2, 0) is 26.5 Å². The van der Waals surface area contributed by atoms with Crippen LogP contribution in [0.3, 0.4) is 0 Å². The van der Waals surface area contributed by atoms with Crippen LogP contribution in [0.2, 0.25) is 0 Å². The zero-order valence-corrected chi connectivity index (χ0v) is 23.6. The standard InChI is InChI=1S/C32H40N4O5/c1-3-17-36-28-15-14-26(34-30(39)25-12-8-16-33-21-25)20-27(28)32(41,31(36)40)23(2)9-7-13-29(38)35(18-19-37)22-24-10-5-4-6-11-24/h3-7,9-11,14-15,20,23,25,33,37,41H,1,8,12-13,16-19,21-22H2,2H3,(H,34,39)/b9-7+/t23-,25?,32+/m1/s1. The summed E-state index contributed by atoms with van der Waals surface area (Å²) in [6.45, 7) is 7.65. The van der Waals surface area contributed by atoms with Crippen molar-refractivity contribution in [3.63, 3.8) is 0 Å². The molecule has 0 aliphatic carbocycles. The molecule has 2 aromatic rings. The molecule has 2 aromatic carbocycles. The predicted molar refractivity (Wildman–Crippen MR) is 159 cm³/mol. The second-order valence-electron chi connectivity index (χ2n) is 10.7. The van der Waals surface area contributed by atoms with Gasteiger partial charge in [0, 0.05) is 49.8 Å². The fourth-order valence-corrected chi connectivity index (χ4v) is 5.51. The molecule has 3 atom stereocenters. The first-order valence-electron chi connectivity index (χ1n) is 14.2. The number of carbonyl (C=O) groups excluding carboxylic acids is 3. The molecule has 2 aliphatic rings. The van der Waals surface area contributed by atoms with E-state index in [1.54, 1.807) is 48.3 Å². The molecule has 4 rings (SSSR count). The molecule has 1 fully saturated rings. The van der Waals surface area contributed by atoms with Gasteiger partial charge in [-0.2, -0.15) is 0 Å². The number of piperidine rings is 1. The van der Waals surface area contributed by atoms with E-state index in [1.165, 1.54) is 4.90 Å². The molecule has 1 unspecified atom stereocenters. The van der Waals surface area contributed by atoms with Crippen molar-refractivity contribution in [2.45, 2.75) is 38.3 Å². The highest BCUT2D eigenvalue weighted by Gasteiger charge is 2.52. The number of aliphatic hydroxyl groups is 2. The fraction of sp³-hybridized carbons (Fsp3) is 0.406. The van der Waals surface area contributed by atoms with Crippen molar-refractivity contribution >= 4 is 29.1 Å². The summed E-state index contributed by atoms with van der Waals surface area (Å²) in [5.74, 6) is -1.57. The van der Waals surface area contributed by atoms with Gasteiger partial charge in [0.25, 0.3) is 5.91 Å². The van der Waals surface area contributed by atoms with Gasteiger partial charge in [-0.3, -0.25) is 14.4 Å². The molecule has 9 nitrogen and oxygen atoms in total. The summed E-state index contributed by atoms with van der Waals surface area (Å²) in [7, 11) is 0. The number of carbonyl (C=O) groups is 3. The number of nitrogens with one attached hydrogen (secondary N) is 2. The zero-order chi connectivity index (χ0) is 29.4. The van der Waals surface area contributed by atoms with Gasteiger partial charge in [-0.1, -0.05) is 55.5 Å². The topological polar surface area (TPSA) is 122 Å². The van der Waals surface area contributed by atoms with E-state index in [1.807, 2.05) is 30.3 Å². The second kappa shape index (κ2) is 13.7. The smallest absolute Gasteiger partial charge is 0.264 e. The van der Waals surface area contributed by atoms with Crippen LogP contribution in [0.5, 0.6) is 0 Å². The highest BCUT2D eigenvalue weighted by molar-refractivity contribution is 6.08. The van der Waals surface area contributed by atoms with Crippen LogP contribution in [-0.4, -0.2) is 65.6 Å². The molecule has 0 saturated carbocycles. The van der Waals surface area contributed by atoms with Crippen molar-refractivity contribution in [1.29, 1.82) is 0 Å². The lowest BCUT2D eigenvalue weighted by molar-refractivity contribution is -0.139. The molecular formula is C32H40N4O5. The molecule has 4 N–H and O–H groups in total. The molecule has 0 bridgehead atoms. The molecule has 3 amide bonds. The van der Waals surface area contributed by atoms with Gasteiger partial charge in [0.05, 0.1) is 18.2 Å². The molecule has 1 saturated heterocycles. The molecule has 9 heteroatoms. The highest BCUT2D eigenvalue weighted by Crippen LogP contribution is 2.46. The molecule has 2 heterocycles. The lowest BCUT2D eigenvalue weighted by Gasteiger charge is -2.28. The Labute approximate surface area is 241 Å². The van der Waals surface area contributed by atoms with E-state index in [9.17, 15) is 24.6 Å². The van der Waals surface area contributed by atoms with Crippen LogP contribution < -0.4 is 15.5 Å². The van der Waals surface area contributed by atoms with E-state index in [2.05, 4.69) is 17.2 Å². The van der Waals surface area contributed by atoms with E-state index >= 15 is 0 Å². The van der Waals surface area contributed by atoms with Crippen LogP contribution >= 0.6 is 0 Å². The lowest BCUT2D eigenvalue weighted by Crippen LogP contribution is -2.44. The van der Waals surface area contributed by atoms with Crippen LogP contribution in [0.25, 0.3) is 0 Å². The first-order chi connectivity index (χ1) is 19.8. The number of nitrogens with zero attached hydrogens (tertiary/aromatic N) is 2. The quantitative estimate of drug-likeness (QED) is 0.296. The van der Waals surface area contributed by atoms with Gasteiger partial charge in [0.1, 0.15) is 0 Å². The van der Waals surface area contributed by atoms with E-state index in [0.29, 0.717) is 30.0 Å². The molecule has 2 aliphatic heterocycles. The second-order valence-corrected chi connectivity index (χ2v) is 10.7. The van der Waals surface area contributed by atoms with Crippen molar-refractivity contribution < 1.29 is 24.6 Å². The average molecular weight is 561 g/mol. The monoisotopic (exact) mass is 560 g/mol. The molecule has 0 aromatic heterocycles. The van der Waals surface area contributed by atoms with Crippen molar-refractivity contribution in [2.75, 3.05) is 43.0 Å². The third kappa shape index (κ3) is 6.75. The number of benzene rings is 2. The summed E-state index contributed by atoms with van der Waals surface area (Å²) >= 11 is 0. The van der Waals surface area contributed by atoms with Crippen molar-refractivity contribution in [2.24, 2.45) is 11.8 Å². The molecular weight excluding hydrogens is 520 g/mol. The maximum Gasteiger partial charge on any atom is 0.264 e. The summed E-state index contributed by atoms with van der Waals surface area (Å²) in [6.07, 6.45) is 6.72. The fourth-order valence-electron chi connectivity index (χ4n) is 5.51. The minimum atomic E-state index is -1.89. The minimum absolute atomic E-state index is 0.0518. The Kier molecular flexibility index (Phi) is 10.1. The minimum Gasteiger partial charge on any atom is -0.395 e. The number of fused-ring (bicyclic) bond motifs is 1. The Morgan fingerprint density at radius 3 is 2.73 bits per heavy atom. The number of hydrogen-bond acceptors (Lipinski definition) is 6. The number of amides is 3. The zero-order valence-electron chi connectivity index (χ0n) is 23.6. The Morgan fingerprint density at radius 1 is 1.27 bits per heavy atom. The Morgan fingerprint density at radius 2 is 2.05 bits per heavy atom. The van der Waals surface area contributed by atoms with Crippen molar-refractivity contribution in [3.8, 4) is 0 Å². The Balaban J connectivity index is 1.51. The van der Waals surface area contributed by atoms with Crippen LogP contribution in [0.15, 0.2) is 73.3 Å². The SMILES string of the molecule is C=CCN1C(=O)[C@](O)([C@H](C)/C=C/CC(=O)N(CCO)Cc2ccccc2)c2cc(NC(=O)C3CCCNC3)ccc21. The van der Waals surface area contributed by atoms with E-state index in [-0.39, 0.29) is 43.8 Å². The van der Waals surface area contributed by atoms with Gasteiger partial charge >= 0.3 is 0 Å². The molecule has 218 valence electrons.